The van der Waals surface area contributed by atoms with E-state index in [1.54, 1.807) is 18.3 Å². The van der Waals surface area contributed by atoms with Crippen molar-refractivity contribution in [3.8, 4) is 11.9 Å². The number of benzene rings is 1. The first-order valence-electron chi connectivity index (χ1n) is 8.93. The normalized spacial score (nSPS) is 17.6. The number of pyridine rings is 1. The van der Waals surface area contributed by atoms with Crippen LogP contribution >= 0.6 is 0 Å². The van der Waals surface area contributed by atoms with E-state index in [1.807, 2.05) is 6.07 Å². The smallest absolute Gasteiger partial charge is 0.233 e. The molecule has 1 aliphatic rings. The molecule has 1 atom stereocenters. The molecule has 0 bridgehead atoms. The highest BCUT2D eigenvalue weighted by Crippen LogP contribution is 2.29. The standard InChI is InChI=1S/C20H23FN4O2/c1-27-20-18(12-22)19(6-8-23-20)25-10-9-24(17(14-25)7-11-26)13-15-2-4-16(21)5-3-15/h2-6,8,17,26H,7,9-11,13-14H2,1H3. The number of ether oxygens (including phenoxy) is 1. The van der Waals surface area contributed by atoms with Crippen LogP contribution in [0.3, 0.4) is 0 Å². The number of hydrogen-bond acceptors (Lipinski definition) is 6. The molecule has 0 spiro atoms. The van der Waals surface area contributed by atoms with E-state index in [1.165, 1.54) is 19.2 Å². The van der Waals surface area contributed by atoms with Gasteiger partial charge in [-0.25, -0.2) is 9.37 Å². The predicted octanol–water partition coefficient (Wildman–Crippen LogP) is 2.17. The molecule has 1 aliphatic heterocycles. The number of nitriles is 1. The first kappa shape index (κ1) is 19.1. The van der Waals surface area contributed by atoms with E-state index in [0.29, 0.717) is 31.0 Å². The zero-order chi connectivity index (χ0) is 19.2. The Labute approximate surface area is 158 Å². The lowest BCUT2D eigenvalue weighted by molar-refractivity contribution is 0.135. The summed E-state index contributed by atoms with van der Waals surface area (Å²) in [5.74, 6) is 0.0774. The second-order valence-corrected chi connectivity index (χ2v) is 6.54. The molecule has 0 radical (unpaired) electrons. The Morgan fingerprint density at radius 1 is 1.30 bits per heavy atom. The number of halogens is 1. The molecule has 27 heavy (non-hydrogen) atoms. The number of aliphatic hydroxyl groups excluding tert-OH is 1. The van der Waals surface area contributed by atoms with Gasteiger partial charge in [0.2, 0.25) is 5.88 Å². The zero-order valence-electron chi connectivity index (χ0n) is 15.3. The lowest BCUT2D eigenvalue weighted by Gasteiger charge is -2.42. The number of methoxy groups -OCH3 is 1. The van der Waals surface area contributed by atoms with E-state index >= 15 is 0 Å². The number of piperazine rings is 1. The quantitative estimate of drug-likeness (QED) is 0.840. The lowest BCUT2D eigenvalue weighted by atomic mass is 10.1. The summed E-state index contributed by atoms with van der Waals surface area (Å²) in [6.07, 6.45) is 2.27. The summed E-state index contributed by atoms with van der Waals surface area (Å²) in [5, 5.41) is 19.0. The van der Waals surface area contributed by atoms with Crippen molar-refractivity contribution in [2.24, 2.45) is 0 Å². The van der Waals surface area contributed by atoms with Crippen molar-refractivity contribution in [1.29, 1.82) is 5.26 Å². The van der Waals surface area contributed by atoms with Gasteiger partial charge in [-0.2, -0.15) is 5.26 Å². The summed E-state index contributed by atoms with van der Waals surface area (Å²) in [6.45, 7) is 2.99. The number of rotatable bonds is 6. The summed E-state index contributed by atoms with van der Waals surface area (Å²) < 4.78 is 18.4. The van der Waals surface area contributed by atoms with Gasteiger partial charge in [0.15, 0.2) is 0 Å². The molecule has 1 saturated heterocycles. The topological polar surface area (TPSA) is 72.6 Å². The number of nitrogens with zero attached hydrogens (tertiary/aromatic N) is 4. The maximum Gasteiger partial charge on any atom is 0.233 e. The highest BCUT2D eigenvalue weighted by Gasteiger charge is 2.28. The Hall–Kier alpha value is -2.69. The predicted molar refractivity (Wildman–Crippen MR) is 100 cm³/mol. The van der Waals surface area contributed by atoms with Gasteiger partial charge in [-0.1, -0.05) is 12.1 Å². The summed E-state index contributed by atoms with van der Waals surface area (Å²) in [6, 6.07) is 10.7. The molecule has 0 amide bonds. The third-order valence-electron chi connectivity index (χ3n) is 4.91. The molecule has 0 aliphatic carbocycles. The Balaban J connectivity index is 1.78. The van der Waals surface area contributed by atoms with Crippen LogP contribution in [0.4, 0.5) is 10.1 Å². The Bertz CT molecular complexity index is 807. The fraction of sp³-hybridized carbons (Fsp3) is 0.400. The molecule has 3 rings (SSSR count). The van der Waals surface area contributed by atoms with Crippen molar-refractivity contribution < 1.29 is 14.2 Å². The summed E-state index contributed by atoms with van der Waals surface area (Å²) >= 11 is 0. The molecule has 2 heterocycles. The maximum absolute atomic E-state index is 13.1. The van der Waals surface area contributed by atoms with Gasteiger partial charge in [0.1, 0.15) is 17.4 Å². The van der Waals surface area contributed by atoms with Gasteiger partial charge in [0, 0.05) is 45.0 Å². The van der Waals surface area contributed by atoms with Crippen LogP contribution < -0.4 is 9.64 Å². The molecule has 1 N–H and O–H groups in total. The second kappa shape index (κ2) is 8.80. The third-order valence-corrected chi connectivity index (χ3v) is 4.91. The van der Waals surface area contributed by atoms with Crippen molar-refractivity contribution in [2.45, 2.75) is 19.0 Å². The second-order valence-electron chi connectivity index (χ2n) is 6.54. The highest BCUT2D eigenvalue weighted by atomic mass is 19.1. The number of anilines is 1. The molecule has 0 saturated carbocycles. The maximum atomic E-state index is 13.1. The van der Waals surface area contributed by atoms with Crippen molar-refractivity contribution >= 4 is 5.69 Å². The average molecular weight is 370 g/mol. The van der Waals surface area contributed by atoms with Gasteiger partial charge in [-0.15, -0.1) is 0 Å². The minimum absolute atomic E-state index is 0.0865. The molecule has 1 unspecified atom stereocenters. The van der Waals surface area contributed by atoms with E-state index in [9.17, 15) is 14.8 Å². The molecule has 1 fully saturated rings. The van der Waals surface area contributed by atoms with Gasteiger partial charge >= 0.3 is 0 Å². The minimum Gasteiger partial charge on any atom is -0.480 e. The van der Waals surface area contributed by atoms with Crippen molar-refractivity contribution in [3.05, 3.63) is 53.5 Å². The fourth-order valence-corrected chi connectivity index (χ4v) is 3.52. The Morgan fingerprint density at radius 3 is 2.74 bits per heavy atom. The highest BCUT2D eigenvalue weighted by molar-refractivity contribution is 5.63. The van der Waals surface area contributed by atoms with Crippen LogP contribution in [0.2, 0.25) is 0 Å². The van der Waals surface area contributed by atoms with Gasteiger partial charge in [-0.3, -0.25) is 4.90 Å². The van der Waals surface area contributed by atoms with Crippen molar-refractivity contribution in [1.82, 2.24) is 9.88 Å². The molecule has 2 aromatic rings. The molecular weight excluding hydrogens is 347 g/mol. The van der Waals surface area contributed by atoms with Crippen LogP contribution in [0.5, 0.6) is 5.88 Å². The zero-order valence-corrected chi connectivity index (χ0v) is 15.3. The van der Waals surface area contributed by atoms with Gasteiger partial charge in [0.25, 0.3) is 0 Å². The molecule has 1 aromatic carbocycles. The Morgan fingerprint density at radius 2 is 2.07 bits per heavy atom. The molecule has 6 nitrogen and oxygen atoms in total. The van der Waals surface area contributed by atoms with Gasteiger partial charge in [0.05, 0.1) is 12.8 Å². The number of aromatic nitrogens is 1. The molecule has 7 heteroatoms. The lowest BCUT2D eigenvalue weighted by Crippen LogP contribution is -2.53. The van der Waals surface area contributed by atoms with Gasteiger partial charge < -0.3 is 14.7 Å². The van der Waals surface area contributed by atoms with Crippen LogP contribution in [0.1, 0.15) is 17.5 Å². The van der Waals surface area contributed by atoms with Crippen molar-refractivity contribution in [3.63, 3.8) is 0 Å². The summed E-state index contributed by atoms with van der Waals surface area (Å²) in [7, 11) is 1.50. The average Bonchev–Trinajstić information content (AvgIpc) is 2.70. The summed E-state index contributed by atoms with van der Waals surface area (Å²) in [4.78, 5) is 8.54. The number of hydrogen-bond donors (Lipinski definition) is 1. The van der Waals surface area contributed by atoms with E-state index < -0.39 is 0 Å². The largest absolute Gasteiger partial charge is 0.480 e. The monoisotopic (exact) mass is 370 g/mol. The van der Waals surface area contributed by atoms with Crippen LogP contribution in [-0.4, -0.2) is 54.4 Å². The van der Waals surface area contributed by atoms with E-state index in [4.69, 9.17) is 4.74 Å². The third kappa shape index (κ3) is 4.35. The summed E-state index contributed by atoms with van der Waals surface area (Å²) in [5.41, 5.74) is 2.26. The van der Waals surface area contributed by atoms with Crippen LogP contribution in [0.25, 0.3) is 0 Å². The SMILES string of the molecule is COc1nccc(N2CCN(Cc3ccc(F)cc3)C(CCO)C2)c1C#N. The Kier molecular flexibility index (Phi) is 6.22. The van der Waals surface area contributed by atoms with E-state index in [2.05, 4.69) is 20.9 Å². The molecule has 142 valence electrons. The van der Waals surface area contributed by atoms with Crippen LogP contribution in [0, 0.1) is 17.1 Å². The molecule has 1 aromatic heterocycles. The van der Waals surface area contributed by atoms with Crippen molar-refractivity contribution in [2.75, 3.05) is 38.3 Å². The fourth-order valence-electron chi connectivity index (χ4n) is 3.52. The van der Waals surface area contributed by atoms with Crippen LogP contribution in [-0.2, 0) is 6.54 Å². The minimum atomic E-state index is -0.244. The van der Waals surface area contributed by atoms with E-state index in [-0.39, 0.29) is 18.5 Å². The number of aliphatic hydroxyl groups is 1. The molecular formula is C20H23FN4O2. The van der Waals surface area contributed by atoms with Gasteiger partial charge in [-0.05, 0) is 30.2 Å². The first-order valence-corrected chi connectivity index (χ1v) is 8.93. The first-order chi connectivity index (χ1) is 13.2. The van der Waals surface area contributed by atoms with E-state index in [0.717, 1.165) is 24.3 Å². The van der Waals surface area contributed by atoms with Crippen LogP contribution in [0.15, 0.2) is 36.5 Å².